The molecule has 1 unspecified atom stereocenters. The third kappa shape index (κ3) is 3.82. The van der Waals surface area contributed by atoms with Crippen LogP contribution in [0.3, 0.4) is 0 Å². The fourth-order valence-electron chi connectivity index (χ4n) is 2.08. The zero-order valence-corrected chi connectivity index (χ0v) is 12.1. The van der Waals surface area contributed by atoms with E-state index >= 15 is 0 Å². The summed E-state index contributed by atoms with van der Waals surface area (Å²) in [5.41, 5.74) is -0.339. The summed E-state index contributed by atoms with van der Waals surface area (Å²) < 4.78 is 78.3. The molecular formula is C11H14ClF6N3. The minimum Gasteiger partial charge on any atom is -0.311 e. The van der Waals surface area contributed by atoms with Crippen LogP contribution >= 0.6 is 11.6 Å². The van der Waals surface area contributed by atoms with Gasteiger partial charge in [0.15, 0.2) is 5.92 Å². The molecule has 1 N–H and O–H groups in total. The maximum atomic E-state index is 12.9. The van der Waals surface area contributed by atoms with E-state index in [4.69, 9.17) is 11.6 Å². The number of rotatable bonds is 4. The summed E-state index contributed by atoms with van der Waals surface area (Å²) in [6, 6.07) is -2.52. The first-order valence-electron chi connectivity index (χ1n) is 5.94. The van der Waals surface area contributed by atoms with Gasteiger partial charge in [0.05, 0.1) is 23.0 Å². The van der Waals surface area contributed by atoms with Gasteiger partial charge in [0, 0.05) is 6.04 Å². The summed E-state index contributed by atoms with van der Waals surface area (Å²) in [7, 11) is 1.02. The molecule has 0 saturated carbocycles. The van der Waals surface area contributed by atoms with Crippen molar-refractivity contribution in [2.24, 2.45) is 5.92 Å². The number of aromatic nitrogens is 2. The number of nitrogens with zero attached hydrogens (tertiary/aromatic N) is 2. The number of hydrogen-bond donors (Lipinski definition) is 1. The Hall–Kier alpha value is -0.960. The van der Waals surface area contributed by atoms with E-state index in [1.54, 1.807) is 13.8 Å². The number of halogens is 7. The van der Waals surface area contributed by atoms with Gasteiger partial charge in [-0.05, 0) is 20.9 Å². The topological polar surface area (TPSA) is 29.9 Å². The molecule has 0 aliphatic carbocycles. The van der Waals surface area contributed by atoms with Gasteiger partial charge in [0.2, 0.25) is 0 Å². The third-order valence-corrected chi connectivity index (χ3v) is 3.21. The lowest BCUT2D eigenvalue weighted by atomic mass is 9.95. The summed E-state index contributed by atoms with van der Waals surface area (Å²) in [5.74, 6) is -3.58. The van der Waals surface area contributed by atoms with Gasteiger partial charge in [-0.15, -0.1) is 0 Å². The fourth-order valence-corrected chi connectivity index (χ4v) is 2.33. The molecule has 122 valence electrons. The van der Waals surface area contributed by atoms with Crippen LogP contribution in [-0.2, 0) is 0 Å². The maximum Gasteiger partial charge on any atom is 0.402 e. The van der Waals surface area contributed by atoms with Crippen molar-refractivity contribution in [2.75, 3.05) is 7.05 Å². The second kappa shape index (κ2) is 6.04. The van der Waals surface area contributed by atoms with Gasteiger partial charge in [-0.25, -0.2) is 0 Å². The fraction of sp³-hybridized carbons (Fsp3) is 0.727. The molecule has 1 aromatic rings. The quantitative estimate of drug-likeness (QED) is 0.838. The molecule has 0 amide bonds. The molecule has 0 spiro atoms. The molecule has 21 heavy (non-hydrogen) atoms. The number of nitrogens with one attached hydrogen (secondary N) is 1. The van der Waals surface area contributed by atoms with E-state index in [1.165, 1.54) is 0 Å². The average Bonchev–Trinajstić information content (AvgIpc) is 2.64. The molecule has 0 aromatic carbocycles. The van der Waals surface area contributed by atoms with Crippen LogP contribution in [0.15, 0.2) is 6.20 Å². The van der Waals surface area contributed by atoms with Crippen LogP contribution in [-0.4, -0.2) is 29.2 Å². The summed E-state index contributed by atoms with van der Waals surface area (Å²) in [4.78, 5) is 0. The van der Waals surface area contributed by atoms with Crippen molar-refractivity contribution in [3.8, 4) is 0 Å². The predicted molar refractivity (Wildman–Crippen MR) is 65.0 cm³/mol. The van der Waals surface area contributed by atoms with Gasteiger partial charge in [-0.3, -0.25) is 4.68 Å². The largest absolute Gasteiger partial charge is 0.402 e. The molecule has 1 heterocycles. The Morgan fingerprint density at radius 1 is 1.14 bits per heavy atom. The normalized spacial score (nSPS) is 15.0. The highest BCUT2D eigenvalue weighted by atomic mass is 35.5. The van der Waals surface area contributed by atoms with Crippen molar-refractivity contribution >= 4 is 11.6 Å². The SMILES string of the molecule is CNC(c1c(Cl)cnn1C(C)C)C(C(F)(F)F)C(F)(F)F. The molecule has 0 fully saturated rings. The van der Waals surface area contributed by atoms with Crippen molar-refractivity contribution in [3.05, 3.63) is 16.9 Å². The minimum atomic E-state index is -5.47. The highest BCUT2D eigenvalue weighted by Crippen LogP contribution is 2.47. The van der Waals surface area contributed by atoms with Crippen molar-refractivity contribution < 1.29 is 26.3 Å². The van der Waals surface area contributed by atoms with E-state index in [0.717, 1.165) is 17.9 Å². The van der Waals surface area contributed by atoms with Gasteiger partial charge in [0.1, 0.15) is 0 Å². The van der Waals surface area contributed by atoms with Crippen LogP contribution in [0.25, 0.3) is 0 Å². The van der Waals surface area contributed by atoms with Gasteiger partial charge >= 0.3 is 12.4 Å². The summed E-state index contributed by atoms with van der Waals surface area (Å²) >= 11 is 5.75. The highest BCUT2D eigenvalue weighted by molar-refractivity contribution is 6.31. The lowest BCUT2D eigenvalue weighted by Crippen LogP contribution is -2.45. The first-order valence-corrected chi connectivity index (χ1v) is 6.32. The maximum absolute atomic E-state index is 12.9. The zero-order valence-electron chi connectivity index (χ0n) is 11.3. The first kappa shape index (κ1) is 18.1. The summed E-state index contributed by atoms with van der Waals surface area (Å²) in [6.45, 7) is 3.16. The number of alkyl halides is 6. The molecule has 0 aliphatic heterocycles. The second-order valence-electron chi connectivity index (χ2n) is 4.74. The van der Waals surface area contributed by atoms with Crippen LogP contribution in [0.5, 0.6) is 0 Å². The van der Waals surface area contributed by atoms with Crippen molar-refractivity contribution in [2.45, 2.75) is 38.3 Å². The van der Waals surface area contributed by atoms with Crippen LogP contribution < -0.4 is 5.32 Å². The summed E-state index contributed by atoms with van der Waals surface area (Å²) in [5, 5.41) is 5.56. The Kier molecular flexibility index (Phi) is 5.20. The highest BCUT2D eigenvalue weighted by Gasteiger charge is 2.61. The van der Waals surface area contributed by atoms with E-state index in [9.17, 15) is 26.3 Å². The van der Waals surface area contributed by atoms with E-state index < -0.39 is 30.4 Å². The molecule has 1 aromatic heterocycles. The Labute approximate surface area is 122 Å². The first-order chi connectivity index (χ1) is 9.41. The van der Waals surface area contributed by atoms with Crippen molar-refractivity contribution in [3.63, 3.8) is 0 Å². The lowest BCUT2D eigenvalue weighted by Gasteiger charge is -2.31. The Morgan fingerprint density at radius 2 is 1.62 bits per heavy atom. The van der Waals surface area contributed by atoms with Crippen LogP contribution in [0.2, 0.25) is 5.02 Å². The molecule has 3 nitrogen and oxygen atoms in total. The predicted octanol–water partition coefficient (Wildman–Crippen LogP) is 4.12. The minimum absolute atomic E-state index is 0.249. The van der Waals surface area contributed by atoms with Crippen molar-refractivity contribution in [1.82, 2.24) is 15.1 Å². The Morgan fingerprint density at radius 3 is 1.95 bits per heavy atom. The monoisotopic (exact) mass is 337 g/mol. The average molecular weight is 338 g/mol. The molecule has 1 rings (SSSR count). The van der Waals surface area contributed by atoms with Gasteiger partial charge in [-0.2, -0.15) is 31.4 Å². The van der Waals surface area contributed by atoms with E-state index in [2.05, 4.69) is 10.4 Å². The smallest absolute Gasteiger partial charge is 0.311 e. The molecule has 0 aliphatic rings. The Bertz CT molecular complexity index is 465. The van der Waals surface area contributed by atoms with E-state index in [0.29, 0.717) is 0 Å². The number of hydrogen-bond acceptors (Lipinski definition) is 2. The zero-order chi connectivity index (χ0) is 16.6. The molecule has 1 atom stereocenters. The second-order valence-corrected chi connectivity index (χ2v) is 5.15. The Balaban J connectivity index is 3.44. The summed E-state index contributed by atoms with van der Waals surface area (Å²) in [6.07, 6.45) is -9.91. The lowest BCUT2D eigenvalue weighted by molar-refractivity contribution is -0.293. The molecule has 0 saturated heterocycles. The third-order valence-electron chi connectivity index (χ3n) is 2.92. The van der Waals surface area contributed by atoms with Crippen LogP contribution in [0.4, 0.5) is 26.3 Å². The van der Waals surface area contributed by atoms with E-state index in [-0.39, 0.29) is 10.7 Å². The molecule has 0 bridgehead atoms. The molecule has 0 radical (unpaired) electrons. The standard InChI is InChI=1S/C11H14ClF6N3/c1-5(2)21-8(6(12)4-20-21)7(19-3)9(10(13,14)15)11(16,17)18/h4-5,7,9,19H,1-3H3. The molecular weight excluding hydrogens is 324 g/mol. The molecule has 10 heteroatoms. The van der Waals surface area contributed by atoms with Gasteiger partial charge in [0.25, 0.3) is 0 Å². The van der Waals surface area contributed by atoms with Gasteiger partial charge in [-0.1, -0.05) is 11.6 Å². The van der Waals surface area contributed by atoms with Gasteiger partial charge < -0.3 is 5.32 Å². The van der Waals surface area contributed by atoms with Crippen LogP contribution in [0, 0.1) is 5.92 Å². The van der Waals surface area contributed by atoms with Crippen LogP contribution in [0.1, 0.15) is 31.6 Å². The van der Waals surface area contributed by atoms with E-state index in [1.807, 2.05) is 0 Å². The van der Waals surface area contributed by atoms with Crippen molar-refractivity contribution in [1.29, 1.82) is 0 Å².